The van der Waals surface area contributed by atoms with Crippen LogP contribution in [0.3, 0.4) is 0 Å². The fourth-order valence-corrected chi connectivity index (χ4v) is 4.84. The molecule has 0 amide bonds. The van der Waals surface area contributed by atoms with E-state index in [1.54, 1.807) is 11.1 Å². The van der Waals surface area contributed by atoms with Crippen LogP contribution in [-0.2, 0) is 4.79 Å². The monoisotopic (exact) mass is 284 g/mol. The standard InChI is InChI=1S/C20H28O/c1-12(2)19-17-9-7-13(3)15-8-6-14(4)16(15)10-20(17,5)11-18(19)21/h7,12,15H,6,8-11H2,1-5H3/b13-7-/t15-,20+/m0/s1. The number of hydrogen-bond acceptors (Lipinski definition) is 1. The summed E-state index contributed by atoms with van der Waals surface area (Å²) in [4.78, 5) is 12.6. The highest BCUT2D eigenvalue weighted by Crippen LogP contribution is 2.54. The Morgan fingerprint density at radius 3 is 2.62 bits per heavy atom. The molecule has 0 aromatic rings. The van der Waals surface area contributed by atoms with Crippen LogP contribution in [0, 0.1) is 17.3 Å². The van der Waals surface area contributed by atoms with Crippen LogP contribution >= 0.6 is 0 Å². The molecule has 3 aliphatic carbocycles. The second-order valence-corrected chi connectivity index (χ2v) is 7.93. The van der Waals surface area contributed by atoms with Crippen LogP contribution in [-0.4, -0.2) is 5.78 Å². The van der Waals surface area contributed by atoms with Gasteiger partial charge in [0.15, 0.2) is 5.78 Å². The molecular weight excluding hydrogens is 256 g/mol. The Kier molecular flexibility index (Phi) is 3.50. The molecule has 0 saturated heterocycles. The van der Waals surface area contributed by atoms with Crippen molar-refractivity contribution < 1.29 is 4.79 Å². The normalized spacial score (nSPS) is 35.6. The number of carbonyl (C=O) groups excluding carboxylic acids is 1. The van der Waals surface area contributed by atoms with Gasteiger partial charge in [-0.2, -0.15) is 0 Å². The minimum atomic E-state index is 0.0765. The fraction of sp³-hybridized carbons (Fsp3) is 0.650. The van der Waals surface area contributed by atoms with E-state index >= 15 is 0 Å². The number of allylic oxidation sites excluding steroid dienone is 6. The SMILES string of the molecule is CC1=C2C[C@]3(C)CC(=O)C(C(C)C)=C3C/C=C(/C)[C@@H]2CC1. The van der Waals surface area contributed by atoms with E-state index in [1.807, 2.05) is 0 Å². The zero-order chi connectivity index (χ0) is 15.4. The van der Waals surface area contributed by atoms with E-state index in [4.69, 9.17) is 0 Å². The van der Waals surface area contributed by atoms with Crippen molar-refractivity contribution in [2.75, 3.05) is 0 Å². The fourth-order valence-electron chi connectivity index (χ4n) is 4.84. The van der Waals surface area contributed by atoms with Crippen molar-refractivity contribution in [1.29, 1.82) is 0 Å². The molecule has 0 N–H and O–H groups in total. The van der Waals surface area contributed by atoms with E-state index in [0.717, 1.165) is 24.8 Å². The molecule has 3 rings (SSSR count). The van der Waals surface area contributed by atoms with Gasteiger partial charge in [-0.15, -0.1) is 0 Å². The van der Waals surface area contributed by atoms with E-state index in [2.05, 4.69) is 40.7 Å². The zero-order valence-corrected chi connectivity index (χ0v) is 14.2. The lowest BCUT2D eigenvalue weighted by atomic mass is 9.71. The molecule has 0 fully saturated rings. The Bertz CT molecular complexity index is 585. The second-order valence-electron chi connectivity index (χ2n) is 7.93. The predicted molar refractivity (Wildman–Crippen MR) is 88.0 cm³/mol. The molecule has 0 aliphatic heterocycles. The van der Waals surface area contributed by atoms with Crippen molar-refractivity contribution in [3.8, 4) is 0 Å². The molecule has 0 heterocycles. The Morgan fingerprint density at radius 1 is 1.24 bits per heavy atom. The summed E-state index contributed by atoms with van der Waals surface area (Å²) in [6.07, 6.45) is 7.76. The van der Waals surface area contributed by atoms with Crippen molar-refractivity contribution in [1.82, 2.24) is 0 Å². The molecule has 0 aromatic heterocycles. The average Bonchev–Trinajstić information content (AvgIpc) is 2.84. The summed E-state index contributed by atoms with van der Waals surface area (Å²) in [5, 5.41) is 0. The van der Waals surface area contributed by atoms with Crippen LogP contribution in [0.2, 0.25) is 0 Å². The van der Waals surface area contributed by atoms with E-state index in [0.29, 0.717) is 17.6 Å². The van der Waals surface area contributed by atoms with Crippen molar-refractivity contribution in [2.45, 2.75) is 66.7 Å². The maximum Gasteiger partial charge on any atom is 0.159 e. The molecule has 1 heteroatoms. The first kappa shape index (κ1) is 14.8. The van der Waals surface area contributed by atoms with Crippen molar-refractivity contribution in [2.24, 2.45) is 17.3 Å². The van der Waals surface area contributed by atoms with Gasteiger partial charge >= 0.3 is 0 Å². The number of rotatable bonds is 1. The molecule has 0 radical (unpaired) electrons. The molecule has 3 aliphatic rings. The van der Waals surface area contributed by atoms with Gasteiger partial charge < -0.3 is 0 Å². The molecule has 0 saturated carbocycles. The van der Waals surface area contributed by atoms with E-state index < -0.39 is 0 Å². The molecule has 0 spiro atoms. The van der Waals surface area contributed by atoms with E-state index in [-0.39, 0.29) is 5.41 Å². The minimum Gasteiger partial charge on any atom is -0.295 e. The van der Waals surface area contributed by atoms with E-state index in [9.17, 15) is 4.79 Å². The van der Waals surface area contributed by atoms with Crippen molar-refractivity contribution in [3.63, 3.8) is 0 Å². The van der Waals surface area contributed by atoms with Crippen LogP contribution < -0.4 is 0 Å². The molecule has 2 atom stereocenters. The minimum absolute atomic E-state index is 0.0765. The van der Waals surface area contributed by atoms with Gasteiger partial charge in [0.25, 0.3) is 0 Å². The van der Waals surface area contributed by atoms with Crippen LogP contribution in [0.4, 0.5) is 0 Å². The summed E-state index contributed by atoms with van der Waals surface area (Å²) in [7, 11) is 0. The van der Waals surface area contributed by atoms with Gasteiger partial charge in [0.1, 0.15) is 0 Å². The van der Waals surface area contributed by atoms with Crippen LogP contribution in [0.5, 0.6) is 0 Å². The van der Waals surface area contributed by atoms with Gasteiger partial charge in [-0.3, -0.25) is 4.79 Å². The molecular formula is C20H28O. The number of carbonyl (C=O) groups is 1. The number of hydrogen-bond donors (Lipinski definition) is 0. The Hall–Kier alpha value is -1.11. The predicted octanol–water partition coefficient (Wildman–Crippen LogP) is 5.38. The molecule has 114 valence electrons. The highest BCUT2D eigenvalue weighted by molar-refractivity contribution is 6.00. The largest absolute Gasteiger partial charge is 0.295 e. The third-order valence-electron chi connectivity index (χ3n) is 6.02. The van der Waals surface area contributed by atoms with Gasteiger partial charge in [-0.05, 0) is 51.0 Å². The second kappa shape index (κ2) is 4.97. The summed E-state index contributed by atoms with van der Waals surface area (Å²) >= 11 is 0. The third kappa shape index (κ3) is 2.25. The number of ketones is 1. The lowest BCUT2D eigenvalue weighted by molar-refractivity contribution is -0.116. The molecule has 21 heavy (non-hydrogen) atoms. The first-order valence-corrected chi connectivity index (χ1v) is 8.45. The van der Waals surface area contributed by atoms with Gasteiger partial charge in [-0.1, -0.05) is 49.1 Å². The Balaban J connectivity index is 2.13. The first-order valence-electron chi connectivity index (χ1n) is 8.45. The molecule has 0 aromatic carbocycles. The third-order valence-corrected chi connectivity index (χ3v) is 6.02. The first-order chi connectivity index (χ1) is 9.83. The van der Waals surface area contributed by atoms with Gasteiger partial charge in [0, 0.05) is 17.8 Å². The van der Waals surface area contributed by atoms with E-state index in [1.165, 1.54) is 24.0 Å². The summed E-state index contributed by atoms with van der Waals surface area (Å²) in [5.74, 6) is 1.42. The maximum atomic E-state index is 12.6. The zero-order valence-electron chi connectivity index (χ0n) is 14.2. The molecule has 0 unspecified atom stereocenters. The maximum absolute atomic E-state index is 12.6. The summed E-state index contributed by atoms with van der Waals surface area (Å²) < 4.78 is 0. The lowest BCUT2D eigenvalue weighted by Crippen LogP contribution is -2.22. The highest BCUT2D eigenvalue weighted by atomic mass is 16.1. The Labute approximate surface area is 129 Å². The van der Waals surface area contributed by atoms with Gasteiger partial charge in [0.05, 0.1) is 0 Å². The smallest absolute Gasteiger partial charge is 0.159 e. The van der Waals surface area contributed by atoms with Crippen LogP contribution in [0.1, 0.15) is 66.7 Å². The van der Waals surface area contributed by atoms with Gasteiger partial charge in [0.2, 0.25) is 0 Å². The summed E-state index contributed by atoms with van der Waals surface area (Å²) in [6.45, 7) is 11.3. The number of Topliss-reactive ketones (excluding diaryl/α,β-unsaturated/α-hetero) is 1. The van der Waals surface area contributed by atoms with Gasteiger partial charge in [-0.25, -0.2) is 0 Å². The highest BCUT2D eigenvalue weighted by Gasteiger charge is 2.44. The average molecular weight is 284 g/mol. The number of fused-ring (bicyclic) bond motifs is 2. The Morgan fingerprint density at radius 2 is 1.95 bits per heavy atom. The molecule has 1 nitrogen and oxygen atoms in total. The van der Waals surface area contributed by atoms with Crippen LogP contribution in [0.15, 0.2) is 33.9 Å². The van der Waals surface area contributed by atoms with Crippen LogP contribution in [0.25, 0.3) is 0 Å². The summed E-state index contributed by atoms with van der Waals surface area (Å²) in [6, 6.07) is 0. The summed E-state index contributed by atoms with van der Waals surface area (Å²) in [5.41, 5.74) is 7.40. The van der Waals surface area contributed by atoms with Crippen molar-refractivity contribution in [3.05, 3.63) is 33.9 Å². The quantitative estimate of drug-likeness (QED) is 0.590. The van der Waals surface area contributed by atoms with Crippen molar-refractivity contribution >= 4 is 5.78 Å². The lowest BCUT2D eigenvalue weighted by Gasteiger charge is -2.33. The molecule has 0 bridgehead atoms. The topological polar surface area (TPSA) is 17.1 Å².